The van der Waals surface area contributed by atoms with Gasteiger partial charge in [-0.2, -0.15) is 0 Å². The number of benzene rings is 1. The maximum absolute atomic E-state index is 6.72. The van der Waals surface area contributed by atoms with E-state index in [1.807, 2.05) is 19.1 Å². The third-order valence-electron chi connectivity index (χ3n) is 4.74. The summed E-state index contributed by atoms with van der Waals surface area (Å²) >= 11 is 0. The number of likely N-dealkylation sites (N-methyl/N-ethyl adjacent to an activating group) is 1. The Balaban J connectivity index is 2.34. The molecule has 0 saturated heterocycles. The van der Waals surface area contributed by atoms with Crippen LogP contribution in [0.3, 0.4) is 0 Å². The monoisotopic (exact) mass is 276 g/mol. The fraction of sp³-hybridized carbons (Fsp3) is 0.647. The summed E-state index contributed by atoms with van der Waals surface area (Å²) in [5.74, 6) is 0.939. The molecular formula is C17H28N2O. The smallest absolute Gasteiger partial charge is 0.124 e. The van der Waals surface area contributed by atoms with E-state index >= 15 is 0 Å². The van der Waals surface area contributed by atoms with Crippen molar-refractivity contribution in [2.45, 2.75) is 50.6 Å². The number of nitrogens with two attached hydrogens (primary N) is 1. The third kappa shape index (κ3) is 2.84. The molecule has 0 aromatic heterocycles. The van der Waals surface area contributed by atoms with Crippen molar-refractivity contribution in [2.24, 2.45) is 5.73 Å². The zero-order chi connectivity index (χ0) is 14.6. The first-order valence-corrected chi connectivity index (χ1v) is 7.76. The average Bonchev–Trinajstić information content (AvgIpc) is 2.48. The molecule has 1 fully saturated rings. The Bertz CT molecular complexity index is 425. The fourth-order valence-corrected chi connectivity index (χ4v) is 3.51. The van der Waals surface area contributed by atoms with Crippen LogP contribution < -0.4 is 10.5 Å². The molecule has 1 saturated carbocycles. The van der Waals surface area contributed by atoms with Crippen LogP contribution >= 0.6 is 0 Å². The molecule has 0 amide bonds. The molecule has 112 valence electrons. The first kappa shape index (κ1) is 15.3. The van der Waals surface area contributed by atoms with Gasteiger partial charge in [0.1, 0.15) is 5.75 Å². The predicted molar refractivity (Wildman–Crippen MR) is 84.0 cm³/mol. The lowest BCUT2D eigenvalue weighted by molar-refractivity contribution is 0.0702. The molecule has 1 aliphatic carbocycles. The molecule has 0 bridgehead atoms. The van der Waals surface area contributed by atoms with Gasteiger partial charge < -0.3 is 15.4 Å². The van der Waals surface area contributed by atoms with Gasteiger partial charge in [-0.15, -0.1) is 0 Å². The third-order valence-corrected chi connectivity index (χ3v) is 4.74. The van der Waals surface area contributed by atoms with Gasteiger partial charge in [0.2, 0.25) is 0 Å². The maximum Gasteiger partial charge on any atom is 0.124 e. The average molecular weight is 276 g/mol. The van der Waals surface area contributed by atoms with Gasteiger partial charge >= 0.3 is 0 Å². The normalized spacial score (nSPS) is 19.9. The molecule has 0 heterocycles. The number of nitrogens with zero attached hydrogens (tertiary/aromatic N) is 1. The van der Waals surface area contributed by atoms with E-state index in [2.05, 4.69) is 31.1 Å². The van der Waals surface area contributed by atoms with Gasteiger partial charge in [-0.1, -0.05) is 37.5 Å². The lowest BCUT2D eigenvalue weighted by Crippen LogP contribution is -2.53. The van der Waals surface area contributed by atoms with E-state index in [-0.39, 0.29) is 11.6 Å². The summed E-state index contributed by atoms with van der Waals surface area (Å²) in [6.45, 7) is 2.70. The van der Waals surface area contributed by atoms with Gasteiger partial charge in [-0.3, -0.25) is 0 Å². The van der Waals surface area contributed by atoms with Crippen LogP contribution in [0.4, 0.5) is 0 Å². The zero-order valence-corrected chi connectivity index (χ0v) is 13.1. The van der Waals surface area contributed by atoms with Gasteiger partial charge in [0, 0.05) is 11.1 Å². The minimum absolute atomic E-state index is 0.000509. The van der Waals surface area contributed by atoms with Crippen molar-refractivity contribution < 1.29 is 4.74 Å². The molecule has 1 aromatic carbocycles. The molecule has 1 aromatic rings. The van der Waals surface area contributed by atoms with Crippen LogP contribution in [0.1, 0.15) is 50.6 Å². The van der Waals surface area contributed by atoms with Gasteiger partial charge in [0.15, 0.2) is 0 Å². The topological polar surface area (TPSA) is 38.5 Å². The minimum atomic E-state index is 0.000509. The fourth-order valence-electron chi connectivity index (χ4n) is 3.51. The molecule has 0 spiro atoms. The summed E-state index contributed by atoms with van der Waals surface area (Å²) in [7, 11) is 4.32. The molecule has 3 heteroatoms. The summed E-state index contributed by atoms with van der Waals surface area (Å²) in [5, 5.41) is 0. The van der Waals surface area contributed by atoms with Gasteiger partial charge in [0.25, 0.3) is 0 Å². The molecule has 3 nitrogen and oxygen atoms in total. The van der Waals surface area contributed by atoms with Gasteiger partial charge in [-0.25, -0.2) is 0 Å². The van der Waals surface area contributed by atoms with Crippen molar-refractivity contribution in [3.8, 4) is 5.75 Å². The number of hydrogen-bond donors (Lipinski definition) is 1. The van der Waals surface area contributed by atoms with Crippen LogP contribution in [0.15, 0.2) is 24.3 Å². The number of hydrogen-bond acceptors (Lipinski definition) is 3. The molecule has 1 atom stereocenters. The van der Waals surface area contributed by atoms with Crippen LogP contribution in [0.5, 0.6) is 5.75 Å². The lowest BCUT2D eigenvalue weighted by Gasteiger charge is -2.47. The summed E-state index contributed by atoms with van der Waals surface area (Å²) in [5.41, 5.74) is 7.92. The highest BCUT2D eigenvalue weighted by Gasteiger charge is 2.41. The second-order valence-corrected chi connectivity index (χ2v) is 6.01. The van der Waals surface area contributed by atoms with Crippen molar-refractivity contribution in [3.05, 3.63) is 29.8 Å². The second kappa shape index (κ2) is 6.59. The van der Waals surface area contributed by atoms with E-state index in [1.165, 1.54) is 32.1 Å². The second-order valence-electron chi connectivity index (χ2n) is 6.01. The van der Waals surface area contributed by atoms with Gasteiger partial charge in [0.05, 0.1) is 12.6 Å². The van der Waals surface area contributed by atoms with E-state index in [0.29, 0.717) is 6.61 Å². The number of rotatable bonds is 5. The zero-order valence-electron chi connectivity index (χ0n) is 13.1. The lowest BCUT2D eigenvalue weighted by atomic mass is 9.73. The molecule has 0 aliphatic heterocycles. The van der Waals surface area contributed by atoms with Crippen molar-refractivity contribution >= 4 is 0 Å². The maximum atomic E-state index is 6.72. The van der Waals surface area contributed by atoms with Crippen LogP contribution in [-0.2, 0) is 0 Å². The van der Waals surface area contributed by atoms with E-state index in [4.69, 9.17) is 10.5 Å². The molecule has 2 N–H and O–H groups in total. The van der Waals surface area contributed by atoms with Crippen molar-refractivity contribution in [2.75, 3.05) is 20.7 Å². The Morgan fingerprint density at radius 1 is 1.20 bits per heavy atom. The summed E-state index contributed by atoms with van der Waals surface area (Å²) < 4.78 is 5.78. The molecule has 0 radical (unpaired) electrons. The highest BCUT2D eigenvalue weighted by atomic mass is 16.5. The van der Waals surface area contributed by atoms with Crippen LogP contribution in [-0.4, -0.2) is 31.1 Å². The Morgan fingerprint density at radius 2 is 1.85 bits per heavy atom. The summed E-state index contributed by atoms with van der Waals surface area (Å²) in [4.78, 5) is 2.33. The first-order valence-electron chi connectivity index (χ1n) is 7.76. The largest absolute Gasteiger partial charge is 0.494 e. The van der Waals surface area contributed by atoms with Crippen LogP contribution in [0.2, 0.25) is 0 Å². The molecule has 1 unspecified atom stereocenters. The molecular weight excluding hydrogens is 248 g/mol. The quantitative estimate of drug-likeness (QED) is 0.896. The predicted octanol–water partition coefficient (Wildman–Crippen LogP) is 3.35. The van der Waals surface area contributed by atoms with E-state index in [9.17, 15) is 0 Å². The Morgan fingerprint density at radius 3 is 2.45 bits per heavy atom. The minimum Gasteiger partial charge on any atom is -0.494 e. The Hall–Kier alpha value is -1.06. The highest BCUT2D eigenvalue weighted by Crippen LogP contribution is 2.42. The summed E-state index contributed by atoms with van der Waals surface area (Å²) in [6.07, 6.45) is 6.20. The van der Waals surface area contributed by atoms with Crippen LogP contribution in [0.25, 0.3) is 0 Å². The van der Waals surface area contributed by atoms with Gasteiger partial charge in [-0.05, 0) is 39.9 Å². The number of ether oxygens (including phenoxy) is 1. The van der Waals surface area contributed by atoms with Crippen molar-refractivity contribution in [1.29, 1.82) is 0 Å². The van der Waals surface area contributed by atoms with Crippen molar-refractivity contribution in [1.82, 2.24) is 4.90 Å². The van der Waals surface area contributed by atoms with Crippen molar-refractivity contribution in [3.63, 3.8) is 0 Å². The highest BCUT2D eigenvalue weighted by molar-refractivity contribution is 5.38. The van der Waals surface area contributed by atoms with E-state index < -0.39 is 0 Å². The standard InChI is InChI=1S/C17H28N2O/c1-4-20-15-11-7-6-10-14(15)16(18)17(19(2)3)12-8-5-9-13-17/h6-7,10-11,16H,4-5,8-9,12-13,18H2,1-3H3. The van der Waals surface area contributed by atoms with E-state index in [1.54, 1.807) is 0 Å². The molecule has 2 rings (SSSR count). The van der Waals surface area contributed by atoms with E-state index in [0.717, 1.165) is 11.3 Å². The van der Waals surface area contributed by atoms with Crippen LogP contribution in [0, 0.1) is 0 Å². The number of para-hydroxylation sites is 1. The Kier molecular flexibility index (Phi) is 5.06. The molecule has 20 heavy (non-hydrogen) atoms. The molecule has 1 aliphatic rings. The summed E-state index contributed by atoms with van der Waals surface area (Å²) in [6, 6.07) is 8.23. The Labute approximate surface area is 123 Å². The first-order chi connectivity index (χ1) is 9.62. The SMILES string of the molecule is CCOc1ccccc1C(N)C1(N(C)C)CCCCC1.